The summed E-state index contributed by atoms with van der Waals surface area (Å²) >= 11 is 7.07. The highest BCUT2D eigenvalue weighted by Crippen LogP contribution is 2.37. The predicted molar refractivity (Wildman–Crippen MR) is 113 cm³/mol. The number of methoxy groups -OCH3 is 1. The van der Waals surface area contributed by atoms with E-state index < -0.39 is 0 Å². The Labute approximate surface area is 169 Å². The van der Waals surface area contributed by atoms with Crippen LogP contribution in [0.25, 0.3) is 0 Å². The molecule has 0 atom stereocenters. The SMILES string of the molecule is COC(=O)c1c(NC(=S)NCCCn2nccc2C)sc2c1CCCCC2. The lowest BCUT2D eigenvalue weighted by molar-refractivity contribution is 0.0601. The second kappa shape index (κ2) is 9.32. The number of nitrogens with one attached hydrogen (secondary N) is 2. The van der Waals surface area contributed by atoms with Crippen molar-refractivity contribution in [2.24, 2.45) is 0 Å². The largest absolute Gasteiger partial charge is 0.465 e. The minimum atomic E-state index is -0.283. The first-order chi connectivity index (χ1) is 13.1. The van der Waals surface area contributed by atoms with Crippen molar-refractivity contribution >= 4 is 39.6 Å². The van der Waals surface area contributed by atoms with Crippen LogP contribution in [0.2, 0.25) is 0 Å². The quantitative estimate of drug-likeness (QED) is 0.330. The smallest absolute Gasteiger partial charge is 0.341 e. The summed E-state index contributed by atoms with van der Waals surface area (Å²) in [5.74, 6) is -0.283. The zero-order chi connectivity index (χ0) is 19.2. The molecule has 146 valence electrons. The summed E-state index contributed by atoms with van der Waals surface area (Å²) < 4.78 is 7.01. The van der Waals surface area contributed by atoms with Crippen LogP contribution in [0.3, 0.4) is 0 Å². The van der Waals surface area contributed by atoms with Gasteiger partial charge >= 0.3 is 5.97 Å². The van der Waals surface area contributed by atoms with Gasteiger partial charge in [-0.15, -0.1) is 11.3 Å². The third kappa shape index (κ3) is 4.87. The van der Waals surface area contributed by atoms with E-state index in [2.05, 4.69) is 15.7 Å². The van der Waals surface area contributed by atoms with Gasteiger partial charge in [0.05, 0.1) is 12.7 Å². The van der Waals surface area contributed by atoms with Gasteiger partial charge in [-0.3, -0.25) is 4.68 Å². The molecule has 0 fully saturated rings. The topological polar surface area (TPSA) is 68.2 Å². The van der Waals surface area contributed by atoms with E-state index >= 15 is 0 Å². The highest BCUT2D eigenvalue weighted by atomic mass is 32.1. The zero-order valence-corrected chi connectivity index (χ0v) is 17.5. The molecule has 0 radical (unpaired) electrons. The lowest BCUT2D eigenvalue weighted by Crippen LogP contribution is -2.30. The van der Waals surface area contributed by atoms with Crippen molar-refractivity contribution in [3.8, 4) is 0 Å². The van der Waals surface area contributed by atoms with E-state index in [0.717, 1.165) is 55.0 Å². The zero-order valence-electron chi connectivity index (χ0n) is 15.8. The Morgan fingerprint density at radius 1 is 1.37 bits per heavy atom. The number of hydrogen-bond donors (Lipinski definition) is 2. The molecule has 6 nitrogen and oxygen atoms in total. The highest BCUT2D eigenvalue weighted by molar-refractivity contribution is 7.80. The van der Waals surface area contributed by atoms with E-state index in [1.807, 2.05) is 23.9 Å². The number of aryl methyl sites for hydroxylation is 3. The molecule has 0 aromatic carbocycles. The fourth-order valence-electron chi connectivity index (χ4n) is 3.36. The number of anilines is 1. The van der Waals surface area contributed by atoms with E-state index in [1.54, 1.807) is 11.3 Å². The highest BCUT2D eigenvalue weighted by Gasteiger charge is 2.25. The Morgan fingerprint density at radius 2 is 2.19 bits per heavy atom. The maximum atomic E-state index is 12.4. The number of nitrogens with zero attached hydrogens (tertiary/aromatic N) is 2. The van der Waals surface area contributed by atoms with Crippen molar-refractivity contribution in [3.05, 3.63) is 34.0 Å². The molecule has 0 aliphatic heterocycles. The molecule has 2 aromatic rings. The molecular weight excluding hydrogens is 380 g/mol. The third-order valence-corrected chi connectivity index (χ3v) is 6.25. The molecule has 8 heteroatoms. The fourth-order valence-corrected chi connectivity index (χ4v) is 4.91. The molecule has 0 spiro atoms. The Kier molecular flexibility index (Phi) is 6.84. The fraction of sp³-hybridized carbons (Fsp3) is 0.526. The Balaban J connectivity index is 1.60. The summed E-state index contributed by atoms with van der Waals surface area (Å²) in [5.41, 5.74) is 2.96. The van der Waals surface area contributed by atoms with Gasteiger partial charge in [-0.05, 0) is 62.9 Å². The monoisotopic (exact) mass is 406 g/mol. The number of thiocarbonyl (C=S) groups is 1. The van der Waals surface area contributed by atoms with Gasteiger partial charge in [0.25, 0.3) is 0 Å². The standard InChI is InChI=1S/C19H26N4O2S2/c1-13-9-11-21-23(13)12-6-10-20-19(26)22-17-16(18(24)25-2)14-7-4-3-5-8-15(14)27-17/h9,11H,3-8,10,12H2,1-2H3,(H2,20,22,26). The first kappa shape index (κ1) is 19.8. The maximum absolute atomic E-state index is 12.4. The molecule has 1 aliphatic carbocycles. The lowest BCUT2D eigenvalue weighted by Gasteiger charge is -2.11. The number of thiophene rings is 1. The molecule has 2 aromatic heterocycles. The summed E-state index contributed by atoms with van der Waals surface area (Å²) in [6.45, 7) is 3.63. The van der Waals surface area contributed by atoms with Crippen LogP contribution in [-0.4, -0.2) is 34.5 Å². The molecule has 0 unspecified atom stereocenters. The van der Waals surface area contributed by atoms with Crippen LogP contribution < -0.4 is 10.6 Å². The Bertz CT molecular complexity index is 813. The number of carbonyl (C=O) groups excluding carboxylic acids is 1. The number of carbonyl (C=O) groups is 1. The minimum Gasteiger partial charge on any atom is -0.465 e. The van der Waals surface area contributed by atoms with E-state index in [-0.39, 0.29) is 5.97 Å². The molecule has 2 N–H and O–H groups in total. The second-order valence-corrected chi connectivity index (χ2v) is 8.20. The average molecular weight is 407 g/mol. The number of fused-ring (bicyclic) bond motifs is 1. The van der Waals surface area contributed by atoms with Crippen LogP contribution in [-0.2, 0) is 24.1 Å². The van der Waals surface area contributed by atoms with Crippen molar-refractivity contribution in [3.63, 3.8) is 0 Å². The normalized spacial score (nSPS) is 13.6. The first-order valence-corrected chi connectivity index (χ1v) is 10.6. The summed E-state index contributed by atoms with van der Waals surface area (Å²) in [6.07, 6.45) is 8.17. The second-order valence-electron chi connectivity index (χ2n) is 6.69. The number of ether oxygens (including phenoxy) is 1. The molecule has 3 rings (SSSR count). The molecule has 1 aliphatic rings. The molecule has 0 saturated heterocycles. The van der Waals surface area contributed by atoms with E-state index in [4.69, 9.17) is 17.0 Å². The molecule has 27 heavy (non-hydrogen) atoms. The summed E-state index contributed by atoms with van der Waals surface area (Å²) in [7, 11) is 1.43. The van der Waals surface area contributed by atoms with Gasteiger partial charge in [-0.1, -0.05) is 6.42 Å². The van der Waals surface area contributed by atoms with Crippen LogP contribution in [0, 0.1) is 6.92 Å². The molecule has 2 heterocycles. The summed E-state index contributed by atoms with van der Waals surface area (Å²) in [4.78, 5) is 13.6. The van der Waals surface area contributed by atoms with Gasteiger partial charge in [-0.25, -0.2) is 4.79 Å². The number of hydrogen-bond acceptors (Lipinski definition) is 5. The summed E-state index contributed by atoms with van der Waals surface area (Å²) in [6, 6.07) is 1.99. The molecule has 0 bridgehead atoms. The maximum Gasteiger partial charge on any atom is 0.341 e. The molecule has 0 amide bonds. The van der Waals surface area contributed by atoms with Gasteiger partial charge in [0.15, 0.2) is 5.11 Å². The molecular formula is C19H26N4O2S2. The number of rotatable bonds is 6. The van der Waals surface area contributed by atoms with Gasteiger partial charge in [0.1, 0.15) is 5.00 Å². The van der Waals surface area contributed by atoms with Gasteiger partial charge in [-0.2, -0.15) is 5.10 Å². The van der Waals surface area contributed by atoms with Crippen molar-refractivity contribution in [1.29, 1.82) is 0 Å². The van der Waals surface area contributed by atoms with Crippen LogP contribution in [0.5, 0.6) is 0 Å². The molecule has 0 saturated carbocycles. The van der Waals surface area contributed by atoms with E-state index in [0.29, 0.717) is 10.7 Å². The lowest BCUT2D eigenvalue weighted by atomic mass is 10.1. The van der Waals surface area contributed by atoms with Crippen molar-refractivity contribution < 1.29 is 9.53 Å². The van der Waals surface area contributed by atoms with Crippen molar-refractivity contribution in [2.75, 3.05) is 19.0 Å². The number of esters is 1. The van der Waals surface area contributed by atoms with Crippen LogP contribution in [0.15, 0.2) is 12.3 Å². The van der Waals surface area contributed by atoms with Gasteiger partial charge < -0.3 is 15.4 Å². The van der Waals surface area contributed by atoms with Gasteiger partial charge in [0, 0.05) is 29.9 Å². The van der Waals surface area contributed by atoms with Crippen LogP contribution in [0.4, 0.5) is 5.00 Å². The van der Waals surface area contributed by atoms with Crippen molar-refractivity contribution in [2.45, 2.75) is 52.0 Å². The minimum absolute atomic E-state index is 0.283. The van der Waals surface area contributed by atoms with Crippen LogP contribution in [0.1, 0.15) is 52.2 Å². The first-order valence-electron chi connectivity index (χ1n) is 9.36. The third-order valence-electron chi connectivity index (χ3n) is 4.80. The van der Waals surface area contributed by atoms with E-state index in [1.165, 1.54) is 24.8 Å². The van der Waals surface area contributed by atoms with Crippen LogP contribution >= 0.6 is 23.6 Å². The summed E-state index contributed by atoms with van der Waals surface area (Å²) in [5, 5.41) is 12.1. The Hall–Kier alpha value is -1.93. The van der Waals surface area contributed by atoms with Gasteiger partial charge in [0.2, 0.25) is 0 Å². The number of aromatic nitrogens is 2. The van der Waals surface area contributed by atoms with Crippen molar-refractivity contribution in [1.82, 2.24) is 15.1 Å². The Morgan fingerprint density at radius 3 is 2.93 bits per heavy atom. The van der Waals surface area contributed by atoms with E-state index in [9.17, 15) is 4.79 Å². The average Bonchev–Trinajstić information content (AvgIpc) is 3.13. The predicted octanol–water partition coefficient (Wildman–Crippen LogP) is 3.69.